The van der Waals surface area contributed by atoms with Crippen molar-refractivity contribution in [2.75, 3.05) is 37.7 Å². The number of nitrogens with zero attached hydrogens (tertiary/aromatic N) is 1. The molecule has 1 N–H and O–H groups in total. The van der Waals surface area contributed by atoms with E-state index in [0.29, 0.717) is 0 Å². The number of morpholine rings is 1. The van der Waals surface area contributed by atoms with Gasteiger partial charge in [0, 0.05) is 24.3 Å². The summed E-state index contributed by atoms with van der Waals surface area (Å²) in [6.07, 6.45) is -0.467. The predicted octanol–water partition coefficient (Wildman–Crippen LogP) is 2.80. The summed E-state index contributed by atoms with van der Waals surface area (Å²) in [5.41, 5.74) is 3.05. The third-order valence-corrected chi connectivity index (χ3v) is 4.01. The monoisotopic (exact) mass is 350 g/mol. The molecular weight excluding hydrogens is 328 g/mol. The molecule has 0 atom stereocenters. The van der Waals surface area contributed by atoms with Gasteiger partial charge in [0.1, 0.15) is 6.61 Å². The molecule has 1 amide bonds. The molecule has 1 aliphatic rings. The quantitative estimate of drug-likeness (QED) is 0.862. The van der Waals surface area contributed by atoms with E-state index >= 15 is 0 Å². The lowest BCUT2D eigenvalue weighted by molar-refractivity contribution is 0.122. The van der Waals surface area contributed by atoms with Crippen LogP contribution in [0, 0.1) is 11.8 Å². The van der Waals surface area contributed by atoms with E-state index in [1.54, 1.807) is 0 Å². The molecule has 2 aromatic rings. The molecule has 1 saturated heterocycles. The van der Waals surface area contributed by atoms with Crippen LogP contribution in [0.15, 0.2) is 54.6 Å². The highest BCUT2D eigenvalue weighted by molar-refractivity contribution is 5.67. The second-order valence-corrected chi connectivity index (χ2v) is 5.86. The molecule has 0 unspecified atom stereocenters. The van der Waals surface area contributed by atoms with Crippen molar-refractivity contribution in [2.24, 2.45) is 0 Å². The van der Waals surface area contributed by atoms with Crippen molar-refractivity contribution in [2.45, 2.75) is 6.61 Å². The van der Waals surface area contributed by atoms with Crippen molar-refractivity contribution in [3.8, 4) is 11.8 Å². The summed E-state index contributed by atoms with van der Waals surface area (Å²) in [6, 6.07) is 17.7. The summed E-state index contributed by atoms with van der Waals surface area (Å²) in [5.74, 6) is 5.97. The largest absolute Gasteiger partial charge is 0.445 e. The number of hydrogen-bond donors (Lipinski definition) is 1. The van der Waals surface area contributed by atoms with Crippen LogP contribution < -0.4 is 10.2 Å². The van der Waals surface area contributed by atoms with Gasteiger partial charge in [-0.25, -0.2) is 4.79 Å². The molecule has 1 heterocycles. The van der Waals surface area contributed by atoms with Crippen LogP contribution in [-0.4, -0.2) is 38.9 Å². The molecule has 1 aliphatic heterocycles. The molecule has 0 spiro atoms. The number of nitrogens with one attached hydrogen (secondary N) is 1. The first-order valence-electron chi connectivity index (χ1n) is 8.67. The molecule has 1 fully saturated rings. The normalized spacial score (nSPS) is 13.5. The minimum Gasteiger partial charge on any atom is -0.445 e. The number of alkyl carbamates (subject to hydrolysis) is 1. The first-order valence-corrected chi connectivity index (χ1v) is 8.67. The van der Waals surface area contributed by atoms with E-state index in [1.165, 1.54) is 5.69 Å². The summed E-state index contributed by atoms with van der Waals surface area (Å²) >= 11 is 0. The van der Waals surface area contributed by atoms with E-state index < -0.39 is 6.09 Å². The van der Waals surface area contributed by atoms with Gasteiger partial charge in [0.2, 0.25) is 0 Å². The zero-order valence-corrected chi connectivity index (χ0v) is 14.6. The number of carbonyl (C=O) groups is 1. The van der Waals surface area contributed by atoms with Crippen LogP contribution in [0.5, 0.6) is 0 Å². The van der Waals surface area contributed by atoms with Crippen LogP contribution in [0.1, 0.15) is 11.1 Å². The highest BCUT2D eigenvalue weighted by Gasteiger charge is 2.10. The fraction of sp³-hybridized carbons (Fsp3) is 0.286. The number of hydrogen-bond acceptors (Lipinski definition) is 4. The van der Waals surface area contributed by atoms with Crippen molar-refractivity contribution in [3.63, 3.8) is 0 Å². The van der Waals surface area contributed by atoms with Crippen molar-refractivity contribution in [1.29, 1.82) is 0 Å². The van der Waals surface area contributed by atoms with E-state index in [1.807, 2.05) is 42.5 Å². The van der Waals surface area contributed by atoms with Gasteiger partial charge in [-0.1, -0.05) is 42.2 Å². The minimum absolute atomic E-state index is 0.249. The maximum absolute atomic E-state index is 11.6. The molecule has 0 radical (unpaired) electrons. The van der Waals surface area contributed by atoms with Crippen LogP contribution in [0.3, 0.4) is 0 Å². The van der Waals surface area contributed by atoms with Gasteiger partial charge in [-0.15, -0.1) is 0 Å². The van der Waals surface area contributed by atoms with Crippen molar-refractivity contribution in [3.05, 3.63) is 65.7 Å². The zero-order chi connectivity index (χ0) is 18.0. The van der Waals surface area contributed by atoms with E-state index in [9.17, 15) is 4.79 Å². The molecule has 2 aromatic carbocycles. The van der Waals surface area contributed by atoms with Crippen LogP contribution in [0.25, 0.3) is 0 Å². The molecule has 0 aliphatic carbocycles. The topological polar surface area (TPSA) is 50.8 Å². The number of ether oxygens (including phenoxy) is 2. The van der Waals surface area contributed by atoms with Gasteiger partial charge in [0.05, 0.1) is 19.8 Å². The average molecular weight is 350 g/mol. The molecule has 0 aromatic heterocycles. The molecule has 5 heteroatoms. The Hall–Kier alpha value is -2.97. The smallest absolute Gasteiger partial charge is 0.408 e. The number of anilines is 1. The lowest BCUT2D eigenvalue weighted by atomic mass is 10.2. The SMILES string of the molecule is O=C(NCC#Cc1ccc(N2CCOCC2)cc1)OCc1ccccc1. The Bertz CT molecular complexity index is 757. The van der Waals surface area contributed by atoms with Crippen molar-refractivity contribution >= 4 is 11.8 Å². The molecule has 134 valence electrons. The Morgan fingerprint density at radius 1 is 1.08 bits per heavy atom. The highest BCUT2D eigenvalue weighted by atomic mass is 16.5. The van der Waals surface area contributed by atoms with E-state index in [2.05, 4.69) is 34.2 Å². The van der Waals surface area contributed by atoms with E-state index in [4.69, 9.17) is 9.47 Å². The lowest BCUT2D eigenvalue weighted by Crippen LogP contribution is -2.36. The summed E-state index contributed by atoms with van der Waals surface area (Å²) < 4.78 is 10.5. The molecule has 0 bridgehead atoms. The van der Waals surface area contributed by atoms with Crippen molar-refractivity contribution in [1.82, 2.24) is 5.32 Å². The molecule has 5 nitrogen and oxygen atoms in total. The fourth-order valence-electron chi connectivity index (χ4n) is 2.61. The number of carbonyl (C=O) groups excluding carboxylic acids is 1. The Morgan fingerprint density at radius 2 is 1.81 bits per heavy atom. The third kappa shape index (κ3) is 5.54. The second-order valence-electron chi connectivity index (χ2n) is 5.86. The molecule has 0 saturated carbocycles. The number of rotatable bonds is 4. The predicted molar refractivity (Wildman–Crippen MR) is 101 cm³/mol. The van der Waals surface area contributed by atoms with Crippen molar-refractivity contribution < 1.29 is 14.3 Å². The first-order chi connectivity index (χ1) is 12.8. The summed E-state index contributed by atoms with van der Waals surface area (Å²) in [7, 11) is 0. The first kappa shape index (κ1) is 17.8. The third-order valence-electron chi connectivity index (χ3n) is 4.01. The van der Waals surface area contributed by atoms with Crippen LogP contribution in [0.2, 0.25) is 0 Å². The van der Waals surface area contributed by atoms with Gasteiger partial charge in [0.25, 0.3) is 0 Å². The van der Waals surface area contributed by atoms with Crippen LogP contribution in [0.4, 0.5) is 10.5 Å². The summed E-state index contributed by atoms with van der Waals surface area (Å²) in [6.45, 7) is 3.88. The number of benzene rings is 2. The average Bonchev–Trinajstić information content (AvgIpc) is 2.71. The maximum atomic E-state index is 11.6. The van der Waals surface area contributed by atoms with Gasteiger partial charge >= 0.3 is 6.09 Å². The molecular formula is C21H22N2O3. The number of amides is 1. The van der Waals surface area contributed by atoms with E-state index in [0.717, 1.165) is 37.4 Å². The van der Waals surface area contributed by atoms with Gasteiger partial charge < -0.3 is 19.7 Å². The highest BCUT2D eigenvalue weighted by Crippen LogP contribution is 2.16. The Morgan fingerprint density at radius 3 is 2.54 bits per heavy atom. The summed E-state index contributed by atoms with van der Waals surface area (Å²) in [5, 5.41) is 2.63. The second kappa shape index (κ2) is 9.50. The Labute approximate surface area is 153 Å². The molecule has 3 rings (SSSR count). The molecule has 26 heavy (non-hydrogen) atoms. The summed E-state index contributed by atoms with van der Waals surface area (Å²) in [4.78, 5) is 13.9. The van der Waals surface area contributed by atoms with Gasteiger partial charge in [-0.05, 0) is 29.8 Å². The van der Waals surface area contributed by atoms with E-state index in [-0.39, 0.29) is 13.2 Å². The van der Waals surface area contributed by atoms with Crippen LogP contribution >= 0.6 is 0 Å². The van der Waals surface area contributed by atoms with Gasteiger partial charge in [-0.3, -0.25) is 0 Å². The zero-order valence-electron chi connectivity index (χ0n) is 14.6. The minimum atomic E-state index is -0.467. The van der Waals surface area contributed by atoms with Gasteiger partial charge in [-0.2, -0.15) is 0 Å². The Kier molecular flexibility index (Phi) is 6.52. The fourth-order valence-corrected chi connectivity index (χ4v) is 2.61. The maximum Gasteiger partial charge on any atom is 0.408 e. The lowest BCUT2D eigenvalue weighted by Gasteiger charge is -2.28. The Balaban J connectivity index is 1.41. The van der Waals surface area contributed by atoms with Gasteiger partial charge in [0.15, 0.2) is 0 Å². The standard InChI is InChI=1S/C21H22N2O3/c24-21(26-17-19-5-2-1-3-6-19)22-12-4-7-18-8-10-20(11-9-18)23-13-15-25-16-14-23/h1-3,5-6,8-11H,12-17H2,(H,22,24). The van der Waals surface area contributed by atoms with Crippen LogP contribution in [-0.2, 0) is 16.1 Å².